The molecule has 0 amide bonds. The lowest BCUT2D eigenvalue weighted by atomic mass is 10.1. The Labute approximate surface area is 74.4 Å². The second-order valence-corrected chi connectivity index (χ2v) is 8.11. The molecule has 0 spiro atoms. The van der Waals surface area contributed by atoms with Crippen LogP contribution in [0.3, 0.4) is 0 Å². The van der Waals surface area contributed by atoms with Crippen molar-refractivity contribution in [2.24, 2.45) is 0 Å². The first-order valence-corrected chi connectivity index (χ1v) is 8.23. The molecule has 10 heavy (non-hydrogen) atoms. The van der Waals surface area contributed by atoms with Gasteiger partial charge in [0, 0.05) is 10.7 Å². The summed E-state index contributed by atoms with van der Waals surface area (Å²) in [5.74, 6) is 0. The third-order valence-electron chi connectivity index (χ3n) is 1.05. The van der Waals surface area contributed by atoms with Crippen molar-refractivity contribution in [3.8, 4) is 0 Å². The van der Waals surface area contributed by atoms with Crippen LogP contribution in [0.25, 0.3) is 0 Å². The van der Waals surface area contributed by atoms with Crippen molar-refractivity contribution >= 4 is 23.4 Å². The Balaban J connectivity index is 3.89. The van der Waals surface area contributed by atoms with Crippen molar-refractivity contribution in [1.82, 2.24) is 5.32 Å². The van der Waals surface area contributed by atoms with Gasteiger partial charge in [-0.05, 0) is 34.6 Å². The van der Waals surface area contributed by atoms with Gasteiger partial charge in [0.1, 0.15) is 8.14 Å². The van der Waals surface area contributed by atoms with Gasteiger partial charge in [0.25, 0.3) is 0 Å². The van der Waals surface area contributed by atoms with Crippen LogP contribution in [0.15, 0.2) is 0 Å². The van der Waals surface area contributed by atoms with E-state index in [0.29, 0.717) is 5.16 Å². The molecule has 0 bridgehead atoms. The SMILES string of the molecule is CC(C)(C)NC(C)(C)[SiH2]Br. The van der Waals surface area contributed by atoms with Crippen LogP contribution in [0, 0.1) is 0 Å². The minimum absolute atomic E-state index is 0.137. The Morgan fingerprint density at radius 1 is 1.10 bits per heavy atom. The van der Waals surface area contributed by atoms with Gasteiger partial charge in [0.2, 0.25) is 0 Å². The fourth-order valence-corrected chi connectivity index (χ4v) is 2.07. The summed E-state index contributed by atoms with van der Waals surface area (Å²) in [6, 6.07) is 0. The predicted molar refractivity (Wildman–Crippen MR) is 54.4 cm³/mol. The zero-order chi connectivity index (χ0) is 8.41. The first kappa shape index (κ1) is 10.7. The molecule has 0 aliphatic heterocycles. The molecule has 0 atom stereocenters. The summed E-state index contributed by atoms with van der Waals surface area (Å²) in [6.07, 6.45) is 0. The Morgan fingerprint density at radius 3 is 1.60 bits per heavy atom. The normalized spacial score (nSPS) is 15.0. The third-order valence-corrected chi connectivity index (χ3v) is 6.10. The van der Waals surface area contributed by atoms with E-state index >= 15 is 0 Å². The molecule has 0 aromatic carbocycles. The maximum absolute atomic E-state index is 3.60. The number of hydrogen-bond acceptors (Lipinski definition) is 1. The summed E-state index contributed by atoms with van der Waals surface area (Å²) in [5.41, 5.74) is 0.240. The highest BCUT2D eigenvalue weighted by Gasteiger charge is 2.22. The van der Waals surface area contributed by atoms with Gasteiger partial charge in [-0.1, -0.05) is 0 Å². The zero-order valence-electron chi connectivity index (χ0n) is 7.59. The summed E-state index contributed by atoms with van der Waals surface area (Å²) in [6.45, 7) is 11.1. The van der Waals surface area contributed by atoms with E-state index in [0.717, 1.165) is 0 Å². The fraction of sp³-hybridized carbons (Fsp3) is 1.00. The highest BCUT2D eigenvalue weighted by molar-refractivity contribution is 9.23. The van der Waals surface area contributed by atoms with E-state index in [2.05, 4.69) is 55.2 Å². The van der Waals surface area contributed by atoms with Gasteiger partial charge in [0.15, 0.2) is 0 Å². The molecule has 3 heteroatoms. The van der Waals surface area contributed by atoms with Crippen molar-refractivity contribution in [2.75, 3.05) is 0 Å². The van der Waals surface area contributed by atoms with Crippen LogP contribution in [0.1, 0.15) is 34.6 Å². The van der Waals surface area contributed by atoms with Gasteiger partial charge in [0.05, 0.1) is 0 Å². The maximum Gasteiger partial charge on any atom is 0.119 e. The summed E-state index contributed by atoms with van der Waals surface area (Å²) < 4.78 is 0. The molecule has 0 saturated heterocycles. The molecule has 0 radical (unpaired) electrons. The van der Waals surface area contributed by atoms with Crippen LogP contribution in [-0.4, -0.2) is 18.8 Å². The van der Waals surface area contributed by atoms with E-state index in [4.69, 9.17) is 0 Å². The largest absolute Gasteiger partial charge is 0.309 e. The molecule has 1 N–H and O–H groups in total. The number of hydrogen-bond donors (Lipinski definition) is 1. The lowest BCUT2D eigenvalue weighted by molar-refractivity contribution is 0.357. The van der Waals surface area contributed by atoms with Crippen LogP contribution in [0.5, 0.6) is 0 Å². The average Bonchev–Trinajstić information content (AvgIpc) is 1.60. The van der Waals surface area contributed by atoms with Crippen LogP contribution >= 0.6 is 15.3 Å². The van der Waals surface area contributed by atoms with Crippen molar-refractivity contribution < 1.29 is 0 Å². The van der Waals surface area contributed by atoms with E-state index in [-0.39, 0.29) is 13.7 Å². The van der Waals surface area contributed by atoms with E-state index in [1.54, 1.807) is 0 Å². The molecule has 62 valence electrons. The van der Waals surface area contributed by atoms with Crippen molar-refractivity contribution in [1.29, 1.82) is 0 Å². The molecule has 1 nitrogen and oxygen atoms in total. The average molecular weight is 224 g/mol. The number of nitrogens with one attached hydrogen (secondary N) is 1. The van der Waals surface area contributed by atoms with Gasteiger partial charge in [-0.25, -0.2) is 0 Å². The smallest absolute Gasteiger partial charge is 0.119 e. The summed E-state index contributed by atoms with van der Waals surface area (Å²) in [5, 5.41) is 3.89. The topological polar surface area (TPSA) is 12.0 Å². The second kappa shape index (κ2) is 3.37. The molecular weight excluding hydrogens is 206 g/mol. The molecule has 0 saturated carbocycles. The molecule has 0 heterocycles. The minimum atomic E-state index is -0.137. The molecule has 0 aromatic rings. The molecule has 0 aromatic heterocycles. The first-order chi connectivity index (χ1) is 4.27. The zero-order valence-corrected chi connectivity index (χ0v) is 10.6. The summed E-state index contributed by atoms with van der Waals surface area (Å²) in [7, 11) is -0.137. The highest BCUT2D eigenvalue weighted by Crippen LogP contribution is 2.10. The quantitative estimate of drug-likeness (QED) is 0.555. The van der Waals surface area contributed by atoms with Crippen molar-refractivity contribution in [2.45, 2.75) is 45.3 Å². The van der Waals surface area contributed by atoms with Crippen molar-refractivity contribution in [3.05, 3.63) is 0 Å². The Hall–Kier alpha value is 0.657. The Bertz CT molecular complexity index is 107. The molecule has 0 aliphatic carbocycles. The standard InChI is InChI=1S/C7H18BrNSi/c1-6(2,3)9-7(4,5)10-8/h9H,10H2,1-5H3. The van der Waals surface area contributed by atoms with Crippen LogP contribution in [-0.2, 0) is 0 Å². The molecule has 0 rings (SSSR count). The molecule has 0 aliphatic rings. The minimum Gasteiger partial charge on any atom is -0.309 e. The van der Waals surface area contributed by atoms with Crippen molar-refractivity contribution in [3.63, 3.8) is 0 Å². The number of rotatable bonds is 2. The second-order valence-electron chi connectivity index (χ2n) is 4.39. The maximum atomic E-state index is 3.60. The molecular formula is C7H18BrNSi. The van der Waals surface area contributed by atoms with Crippen LogP contribution < -0.4 is 5.32 Å². The lowest BCUT2D eigenvalue weighted by Crippen LogP contribution is -2.52. The first-order valence-electron chi connectivity index (χ1n) is 3.62. The third kappa shape index (κ3) is 5.44. The Kier molecular flexibility index (Phi) is 3.59. The lowest BCUT2D eigenvalue weighted by Gasteiger charge is -2.33. The van der Waals surface area contributed by atoms with Gasteiger partial charge < -0.3 is 5.32 Å². The summed E-state index contributed by atoms with van der Waals surface area (Å²) in [4.78, 5) is 0. The molecule has 0 unspecified atom stereocenters. The van der Waals surface area contributed by atoms with Crippen LogP contribution in [0.4, 0.5) is 0 Å². The number of halogens is 1. The van der Waals surface area contributed by atoms with E-state index in [9.17, 15) is 0 Å². The predicted octanol–water partition coefficient (Wildman–Crippen LogP) is 1.59. The van der Waals surface area contributed by atoms with Gasteiger partial charge in [-0.3, -0.25) is 0 Å². The van der Waals surface area contributed by atoms with Crippen LogP contribution in [0.2, 0.25) is 0 Å². The fourth-order valence-electron chi connectivity index (χ4n) is 1.05. The highest BCUT2D eigenvalue weighted by atomic mass is 79.9. The Morgan fingerprint density at radius 2 is 1.50 bits per heavy atom. The van der Waals surface area contributed by atoms with Gasteiger partial charge in [-0.15, -0.1) is 15.3 Å². The van der Waals surface area contributed by atoms with E-state index in [1.807, 2.05) is 0 Å². The molecule has 0 fully saturated rings. The van der Waals surface area contributed by atoms with Gasteiger partial charge in [-0.2, -0.15) is 0 Å². The van der Waals surface area contributed by atoms with E-state index in [1.165, 1.54) is 0 Å². The van der Waals surface area contributed by atoms with Gasteiger partial charge >= 0.3 is 0 Å². The summed E-state index contributed by atoms with van der Waals surface area (Å²) >= 11 is 3.60. The van der Waals surface area contributed by atoms with E-state index < -0.39 is 0 Å². The monoisotopic (exact) mass is 223 g/mol.